The molecule has 0 aromatic carbocycles. The molecule has 2 aromatic heterocycles. The van der Waals surface area contributed by atoms with Crippen molar-refractivity contribution >= 4 is 11.8 Å². The average molecular weight is 371 g/mol. The Balaban J connectivity index is 1.56. The van der Waals surface area contributed by atoms with E-state index < -0.39 is 0 Å². The minimum Gasteiger partial charge on any atom is -0.354 e. The summed E-state index contributed by atoms with van der Waals surface area (Å²) in [5.41, 5.74) is 1.20. The summed E-state index contributed by atoms with van der Waals surface area (Å²) in [5.74, 6) is 2.00. The van der Waals surface area contributed by atoms with E-state index in [9.17, 15) is 0 Å². The SMILES string of the molecule is CN=C(NCC(c1cnn(C)c1)N(C)C)N1CCN(c2ccccn2)CC1. The summed E-state index contributed by atoms with van der Waals surface area (Å²) in [4.78, 5) is 15.8. The first-order chi connectivity index (χ1) is 13.1. The molecule has 3 rings (SSSR count). The number of nitrogens with zero attached hydrogens (tertiary/aromatic N) is 7. The van der Waals surface area contributed by atoms with E-state index in [2.05, 4.69) is 61.5 Å². The average Bonchev–Trinajstić information content (AvgIpc) is 3.12. The van der Waals surface area contributed by atoms with Gasteiger partial charge in [0.15, 0.2) is 5.96 Å². The molecule has 1 fully saturated rings. The quantitative estimate of drug-likeness (QED) is 0.621. The number of aliphatic imine (C=N–C) groups is 1. The van der Waals surface area contributed by atoms with Crippen molar-refractivity contribution in [1.29, 1.82) is 0 Å². The van der Waals surface area contributed by atoms with Gasteiger partial charge < -0.3 is 20.0 Å². The predicted octanol–water partition coefficient (Wildman–Crippen LogP) is 0.815. The molecule has 0 amide bonds. The highest BCUT2D eigenvalue weighted by Gasteiger charge is 2.22. The van der Waals surface area contributed by atoms with Crippen LogP contribution < -0.4 is 10.2 Å². The lowest BCUT2D eigenvalue weighted by Crippen LogP contribution is -2.53. The topological polar surface area (TPSA) is 64.8 Å². The molecule has 1 aliphatic heterocycles. The van der Waals surface area contributed by atoms with Crippen LogP contribution in [-0.2, 0) is 7.05 Å². The van der Waals surface area contributed by atoms with Crippen molar-refractivity contribution < 1.29 is 0 Å². The fraction of sp³-hybridized carbons (Fsp3) is 0.526. The van der Waals surface area contributed by atoms with Crippen LogP contribution in [0.3, 0.4) is 0 Å². The molecule has 1 saturated heterocycles. The van der Waals surface area contributed by atoms with Crippen LogP contribution in [0.25, 0.3) is 0 Å². The van der Waals surface area contributed by atoms with E-state index in [1.54, 1.807) is 0 Å². The van der Waals surface area contributed by atoms with Crippen LogP contribution in [0.15, 0.2) is 41.8 Å². The number of aryl methyl sites for hydroxylation is 1. The van der Waals surface area contributed by atoms with E-state index in [1.807, 2.05) is 43.3 Å². The predicted molar refractivity (Wildman–Crippen MR) is 109 cm³/mol. The molecule has 1 atom stereocenters. The Morgan fingerprint density at radius 2 is 2.04 bits per heavy atom. The van der Waals surface area contributed by atoms with E-state index in [1.165, 1.54) is 5.56 Å². The minimum absolute atomic E-state index is 0.241. The monoisotopic (exact) mass is 370 g/mol. The van der Waals surface area contributed by atoms with Crippen molar-refractivity contribution in [2.45, 2.75) is 6.04 Å². The second kappa shape index (κ2) is 8.85. The van der Waals surface area contributed by atoms with Crippen molar-refractivity contribution in [3.8, 4) is 0 Å². The summed E-state index contributed by atoms with van der Waals surface area (Å²) in [6.07, 6.45) is 5.85. The fourth-order valence-corrected chi connectivity index (χ4v) is 3.42. The normalized spacial score (nSPS) is 16.7. The van der Waals surface area contributed by atoms with Crippen molar-refractivity contribution in [3.05, 3.63) is 42.4 Å². The summed E-state index contributed by atoms with van der Waals surface area (Å²) in [6.45, 7) is 4.52. The molecule has 2 aromatic rings. The van der Waals surface area contributed by atoms with Gasteiger partial charge in [0, 0.05) is 64.8 Å². The van der Waals surface area contributed by atoms with Crippen molar-refractivity contribution in [2.75, 3.05) is 58.8 Å². The third-order valence-electron chi connectivity index (χ3n) is 4.95. The van der Waals surface area contributed by atoms with Crippen LogP contribution in [0.1, 0.15) is 11.6 Å². The van der Waals surface area contributed by atoms with Gasteiger partial charge in [-0.3, -0.25) is 9.67 Å². The first kappa shape index (κ1) is 19.2. The molecule has 8 heteroatoms. The lowest BCUT2D eigenvalue weighted by atomic mass is 10.1. The Morgan fingerprint density at radius 3 is 2.59 bits per heavy atom. The van der Waals surface area contributed by atoms with Crippen LogP contribution in [0.5, 0.6) is 0 Å². The maximum absolute atomic E-state index is 4.50. The molecule has 0 radical (unpaired) electrons. The summed E-state index contributed by atoms with van der Waals surface area (Å²) < 4.78 is 1.84. The van der Waals surface area contributed by atoms with E-state index in [-0.39, 0.29) is 6.04 Å². The zero-order valence-electron chi connectivity index (χ0n) is 16.7. The smallest absolute Gasteiger partial charge is 0.193 e. The van der Waals surface area contributed by atoms with Gasteiger partial charge >= 0.3 is 0 Å². The van der Waals surface area contributed by atoms with Crippen molar-refractivity contribution in [1.82, 2.24) is 29.9 Å². The Labute approximate surface area is 161 Å². The van der Waals surface area contributed by atoms with Gasteiger partial charge in [-0.1, -0.05) is 6.07 Å². The lowest BCUT2D eigenvalue weighted by Gasteiger charge is -2.37. The van der Waals surface area contributed by atoms with E-state index >= 15 is 0 Å². The maximum Gasteiger partial charge on any atom is 0.193 e. The molecule has 0 aliphatic carbocycles. The number of hydrogen-bond acceptors (Lipinski definition) is 5. The lowest BCUT2D eigenvalue weighted by molar-refractivity contribution is 0.292. The van der Waals surface area contributed by atoms with E-state index in [4.69, 9.17) is 0 Å². The number of piperazine rings is 1. The van der Waals surface area contributed by atoms with Gasteiger partial charge in [0.25, 0.3) is 0 Å². The van der Waals surface area contributed by atoms with Gasteiger partial charge in [-0.15, -0.1) is 0 Å². The first-order valence-corrected chi connectivity index (χ1v) is 9.35. The number of pyridine rings is 1. The largest absolute Gasteiger partial charge is 0.354 e. The summed E-state index contributed by atoms with van der Waals surface area (Å²) in [5, 5.41) is 7.85. The van der Waals surface area contributed by atoms with Crippen LogP contribution in [-0.4, -0.2) is 84.4 Å². The highest BCUT2D eigenvalue weighted by Crippen LogP contribution is 2.17. The zero-order chi connectivity index (χ0) is 19.2. The Hall–Kier alpha value is -2.61. The molecule has 1 unspecified atom stereocenters. The highest BCUT2D eigenvalue weighted by molar-refractivity contribution is 5.80. The third kappa shape index (κ3) is 4.77. The van der Waals surface area contributed by atoms with Crippen molar-refractivity contribution in [3.63, 3.8) is 0 Å². The molecule has 146 valence electrons. The molecular weight excluding hydrogens is 340 g/mol. The molecular formula is C19H30N8. The van der Waals surface area contributed by atoms with Crippen LogP contribution in [0.2, 0.25) is 0 Å². The molecule has 27 heavy (non-hydrogen) atoms. The molecule has 1 N–H and O–H groups in total. The number of aromatic nitrogens is 3. The van der Waals surface area contributed by atoms with Crippen LogP contribution in [0, 0.1) is 0 Å². The summed E-state index contributed by atoms with van der Waals surface area (Å²) in [7, 11) is 7.98. The minimum atomic E-state index is 0.241. The first-order valence-electron chi connectivity index (χ1n) is 9.35. The standard InChI is InChI=1S/C19H30N8/c1-20-19(22-14-17(24(2)3)16-13-23-25(4)15-16)27-11-9-26(10-12-27)18-7-5-6-8-21-18/h5-8,13,15,17H,9-12,14H2,1-4H3,(H,20,22). The number of hydrogen-bond donors (Lipinski definition) is 1. The second-order valence-electron chi connectivity index (χ2n) is 7.02. The van der Waals surface area contributed by atoms with Crippen LogP contribution >= 0.6 is 0 Å². The van der Waals surface area contributed by atoms with Gasteiger partial charge in [-0.25, -0.2) is 4.98 Å². The molecule has 0 bridgehead atoms. The van der Waals surface area contributed by atoms with Crippen molar-refractivity contribution in [2.24, 2.45) is 12.0 Å². The fourth-order valence-electron chi connectivity index (χ4n) is 3.42. The zero-order valence-corrected chi connectivity index (χ0v) is 16.7. The maximum atomic E-state index is 4.50. The Morgan fingerprint density at radius 1 is 1.26 bits per heavy atom. The third-order valence-corrected chi connectivity index (χ3v) is 4.95. The number of anilines is 1. The highest BCUT2D eigenvalue weighted by atomic mass is 15.4. The molecule has 3 heterocycles. The van der Waals surface area contributed by atoms with Gasteiger partial charge in [-0.05, 0) is 26.2 Å². The number of rotatable bonds is 5. The van der Waals surface area contributed by atoms with Gasteiger partial charge in [0.1, 0.15) is 5.82 Å². The molecule has 0 saturated carbocycles. The number of guanidine groups is 1. The van der Waals surface area contributed by atoms with Gasteiger partial charge in [0.05, 0.1) is 12.2 Å². The Kier molecular flexibility index (Phi) is 6.28. The van der Waals surface area contributed by atoms with Gasteiger partial charge in [0.2, 0.25) is 0 Å². The molecule has 0 spiro atoms. The van der Waals surface area contributed by atoms with E-state index in [0.29, 0.717) is 0 Å². The number of nitrogens with one attached hydrogen (secondary N) is 1. The van der Waals surface area contributed by atoms with Gasteiger partial charge in [-0.2, -0.15) is 5.10 Å². The Bertz CT molecular complexity index is 731. The molecule has 8 nitrogen and oxygen atoms in total. The van der Waals surface area contributed by atoms with Crippen LogP contribution in [0.4, 0.5) is 5.82 Å². The summed E-state index contributed by atoms with van der Waals surface area (Å²) in [6, 6.07) is 6.30. The number of likely N-dealkylation sites (N-methyl/N-ethyl adjacent to an activating group) is 1. The molecule has 1 aliphatic rings. The summed E-state index contributed by atoms with van der Waals surface area (Å²) >= 11 is 0. The second-order valence-corrected chi connectivity index (χ2v) is 7.02. The van der Waals surface area contributed by atoms with E-state index in [0.717, 1.165) is 44.5 Å².